The molecule has 9 heavy (non-hydrogen) atoms. The second kappa shape index (κ2) is 16.1. The Morgan fingerprint density at radius 2 is 1.00 bits per heavy atom. The van der Waals surface area contributed by atoms with E-state index >= 15 is 0 Å². The molecule has 0 bridgehead atoms. The molecule has 0 heterocycles. The average Bonchev–Trinajstić information content (AvgIpc) is 1.69. The average molecular weight is 116 g/mol. The third kappa shape index (κ3) is 17.6. The van der Waals surface area contributed by atoms with Crippen LogP contribution in [0.25, 0.3) is 0 Å². The van der Waals surface area contributed by atoms with E-state index in [0.29, 0.717) is 0 Å². The van der Waals surface area contributed by atoms with Gasteiger partial charge in [0.25, 0.3) is 0 Å². The van der Waals surface area contributed by atoms with Crippen LogP contribution in [-0.2, 0) is 0 Å². The third-order valence-corrected chi connectivity index (χ3v) is 1.21. The van der Waals surface area contributed by atoms with Gasteiger partial charge < -0.3 is 0 Å². The van der Waals surface area contributed by atoms with Crippen LogP contribution < -0.4 is 0 Å². The fraction of sp³-hybridized carbons (Fsp3) is 1.00. The van der Waals surface area contributed by atoms with E-state index in [1.807, 2.05) is 0 Å². The molecule has 0 amide bonds. The summed E-state index contributed by atoms with van der Waals surface area (Å²) < 4.78 is 0. The van der Waals surface area contributed by atoms with Gasteiger partial charge >= 0.3 is 37.7 Å². The molecule has 0 N–H and O–H groups in total. The van der Waals surface area contributed by atoms with Gasteiger partial charge in [-0.25, -0.2) is 0 Å². The Kier molecular flexibility index (Phi) is 29.8. The van der Waals surface area contributed by atoms with Crippen molar-refractivity contribution in [3.8, 4) is 0 Å². The number of hydrogen-bond donors (Lipinski definition) is 0. The Morgan fingerprint density at radius 3 is 1.22 bits per heavy atom. The van der Waals surface area contributed by atoms with Crippen molar-refractivity contribution in [3.05, 3.63) is 0 Å². The molecule has 0 atom stereocenters. The summed E-state index contributed by atoms with van der Waals surface area (Å²) in [4.78, 5) is 0. The molecule has 0 aromatic rings. The zero-order valence-electron chi connectivity index (χ0n) is 5.54. The second-order valence-corrected chi connectivity index (χ2v) is 2.06. The van der Waals surface area contributed by atoms with E-state index in [0.717, 1.165) is 0 Å². The van der Waals surface area contributed by atoms with Gasteiger partial charge in [0.05, 0.1) is 0 Å². The topological polar surface area (TPSA) is 0 Å². The first-order chi connectivity index (χ1) is 3.41. The molecule has 0 saturated heterocycles. The molecule has 0 spiro atoms. The number of hydrogen-bond acceptors (Lipinski definition) is 0. The normalized spacial score (nSPS) is 7.33. The van der Waals surface area contributed by atoms with Gasteiger partial charge in [-0.15, -0.1) is 0 Å². The molecule has 0 aliphatic heterocycles. The molecule has 0 aromatic carbocycles. The first-order valence-electron chi connectivity index (χ1n) is 3.41. The van der Waals surface area contributed by atoms with Gasteiger partial charge in [0, 0.05) is 0 Å². The minimum atomic E-state index is 0. The van der Waals surface area contributed by atoms with Crippen molar-refractivity contribution in [1.29, 1.82) is 0 Å². The van der Waals surface area contributed by atoms with E-state index in [2.05, 4.69) is 13.8 Å². The predicted molar refractivity (Wildman–Crippen MR) is 48.7 cm³/mol. The van der Waals surface area contributed by atoms with Gasteiger partial charge in [-0.3, -0.25) is 0 Å². The molecule has 0 rings (SSSR count). The molecule has 48 valence electrons. The van der Waals surface area contributed by atoms with Crippen molar-refractivity contribution in [2.75, 3.05) is 0 Å². The molecule has 0 aliphatic carbocycles. The van der Waals surface area contributed by atoms with Crippen LogP contribution in [-0.4, -0.2) is 37.7 Å². The van der Waals surface area contributed by atoms with Gasteiger partial charge in [-0.1, -0.05) is 46.0 Å². The number of rotatable bonds is 4. The molecule has 0 saturated carbocycles. The Labute approximate surface area is 83.5 Å². The van der Waals surface area contributed by atoms with Crippen molar-refractivity contribution in [1.82, 2.24) is 0 Å². The van der Waals surface area contributed by atoms with Crippen LogP contribution >= 0.6 is 0 Å². The number of unbranched alkanes of at least 4 members (excludes halogenated alkanes) is 4. The molecule has 0 nitrogen and oxygen atoms in total. The zero-order chi connectivity index (χ0) is 5.54. The van der Waals surface area contributed by atoms with Crippen LogP contribution in [0.4, 0.5) is 0 Å². The summed E-state index contributed by atoms with van der Waals surface area (Å²) in [5.41, 5.74) is 0. The van der Waals surface area contributed by atoms with Crippen molar-refractivity contribution in [2.24, 2.45) is 0 Å². The molecule has 2 heteroatoms. The maximum atomic E-state index is 2.25. The van der Waals surface area contributed by atoms with Crippen molar-refractivity contribution < 1.29 is 0 Å². The van der Waals surface area contributed by atoms with E-state index in [9.17, 15) is 0 Å². The summed E-state index contributed by atoms with van der Waals surface area (Å²) in [6.07, 6.45) is 7.01. The van der Waals surface area contributed by atoms with Crippen molar-refractivity contribution >= 4 is 37.7 Å². The van der Waals surface area contributed by atoms with Crippen LogP contribution in [0.3, 0.4) is 0 Å². The quantitative estimate of drug-likeness (QED) is 0.387. The first-order valence-corrected chi connectivity index (χ1v) is 3.41. The fourth-order valence-corrected chi connectivity index (χ4v) is 0.677. The molecular formula is C7H18Li2. The molecular weight excluding hydrogens is 98.0 g/mol. The Hall–Kier alpha value is 1.19. The molecule has 0 fully saturated rings. The van der Waals surface area contributed by atoms with Crippen LogP contribution in [0.5, 0.6) is 0 Å². The van der Waals surface area contributed by atoms with E-state index in [-0.39, 0.29) is 37.7 Å². The Balaban J connectivity index is -0.000000180. The predicted octanol–water partition coefficient (Wildman–Crippen LogP) is 1.68. The first kappa shape index (κ1) is 16.7. The van der Waals surface area contributed by atoms with E-state index < -0.39 is 0 Å². The fourth-order valence-electron chi connectivity index (χ4n) is 0.677. The summed E-state index contributed by atoms with van der Waals surface area (Å²) in [7, 11) is 0. The summed E-state index contributed by atoms with van der Waals surface area (Å²) in [5.74, 6) is 0. The Bertz CT molecular complexity index is 26.1. The van der Waals surface area contributed by atoms with E-state index in [4.69, 9.17) is 0 Å². The minimum absolute atomic E-state index is 0. The van der Waals surface area contributed by atoms with Gasteiger partial charge in [0.2, 0.25) is 0 Å². The summed E-state index contributed by atoms with van der Waals surface area (Å²) in [6, 6.07) is 0. The second-order valence-electron chi connectivity index (χ2n) is 2.06. The van der Waals surface area contributed by atoms with E-state index in [1.165, 1.54) is 32.1 Å². The molecule has 0 aliphatic rings. The van der Waals surface area contributed by atoms with Crippen molar-refractivity contribution in [2.45, 2.75) is 46.0 Å². The van der Waals surface area contributed by atoms with Gasteiger partial charge in [0.15, 0.2) is 0 Å². The van der Waals surface area contributed by atoms with Crippen LogP contribution in [0, 0.1) is 0 Å². The summed E-state index contributed by atoms with van der Waals surface area (Å²) in [6.45, 7) is 4.49. The third-order valence-electron chi connectivity index (χ3n) is 1.21. The zero-order valence-corrected chi connectivity index (χ0v) is 5.54. The van der Waals surface area contributed by atoms with Gasteiger partial charge in [-0.2, -0.15) is 0 Å². The standard InChI is InChI=1S/C7H16.2Li.2H/c1-3-5-7-6-4-2;;;;/h3-7H2,1-2H3;;;;. The van der Waals surface area contributed by atoms with Crippen LogP contribution in [0.1, 0.15) is 46.0 Å². The monoisotopic (exact) mass is 116 g/mol. The van der Waals surface area contributed by atoms with Crippen LogP contribution in [0.2, 0.25) is 0 Å². The Morgan fingerprint density at radius 1 is 0.667 bits per heavy atom. The van der Waals surface area contributed by atoms with Gasteiger partial charge in [-0.05, 0) is 0 Å². The summed E-state index contributed by atoms with van der Waals surface area (Å²) in [5, 5.41) is 0. The van der Waals surface area contributed by atoms with Crippen LogP contribution in [0.15, 0.2) is 0 Å². The summed E-state index contributed by atoms with van der Waals surface area (Å²) >= 11 is 0. The molecule has 0 unspecified atom stereocenters. The van der Waals surface area contributed by atoms with E-state index in [1.54, 1.807) is 0 Å². The SMILES string of the molecule is CCCCCCC.[LiH].[LiH]. The van der Waals surface area contributed by atoms with Gasteiger partial charge in [0.1, 0.15) is 0 Å². The maximum absolute atomic E-state index is 2.25. The molecule has 0 radical (unpaired) electrons. The van der Waals surface area contributed by atoms with Crippen molar-refractivity contribution in [3.63, 3.8) is 0 Å². The molecule has 0 aromatic heterocycles.